The second-order valence-corrected chi connectivity index (χ2v) is 10.8. The Kier molecular flexibility index (Phi) is 11.5. The van der Waals surface area contributed by atoms with E-state index in [1.807, 2.05) is 32.0 Å². The van der Waals surface area contributed by atoms with Crippen molar-refractivity contribution in [3.8, 4) is 5.75 Å². The van der Waals surface area contributed by atoms with Crippen LogP contribution in [-0.2, 0) is 26.2 Å². The smallest absolute Gasteiger partial charge is 0.242 e. The van der Waals surface area contributed by atoms with E-state index >= 15 is 0 Å². The van der Waals surface area contributed by atoms with Crippen molar-refractivity contribution >= 4 is 39.1 Å². The molecule has 0 unspecified atom stereocenters. The highest BCUT2D eigenvalue weighted by Crippen LogP contribution is 2.23. The molecule has 0 saturated heterocycles. The minimum absolute atomic E-state index is 0.0736. The minimum Gasteiger partial charge on any atom is -0.497 e. The SMILES string of the molecule is CCCNC(=O)[C@H](CC)N(Cc1ccccc1Cl)C(=O)CCCN(c1ccc(OC)cc1)S(C)(=O)=O. The Bertz CT molecular complexity index is 1110. The van der Waals surface area contributed by atoms with E-state index < -0.39 is 16.1 Å². The Morgan fingerprint density at radius 3 is 2.31 bits per heavy atom. The molecule has 198 valence electrons. The molecule has 0 fully saturated rings. The summed E-state index contributed by atoms with van der Waals surface area (Å²) in [6.45, 7) is 4.65. The van der Waals surface area contributed by atoms with Gasteiger partial charge < -0.3 is 15.0 Å². The van der Waals surface area contributed by atoms with Crippen LogP contribution >= 0.6 is 11.6 Å². The summed E-state index contributed by atoms with van der Waals surface area (Å²) in [5, 5.41) is 3.40. The van der Waals surface area contributed by atoms with Crippen LogP contribution in [-0.4, -0.2) is 57.6 Å². The van der Waals surface area contributed by atoms with Gasteiger partial charge in [0, 0.05) is 31.1 Å². The zero-order valence-electron chi connectivity index (χ0n) is 21.4. The van der Waals surface area contributed by atoms with E-state index in [0.29, 0.717) is 29.4 Å². The highest BCUT2D eigenvalue weighted by Gasteiger charge is 2.29. The largest absolute Gasteiger partial charge is 0.497 e. The molecular weight excluding hydrogens is 502 g/mol. The molecule has 2 amide bonds. The number of nitrogens with zero attached hydrogens (tertiary/aromatic N) is 2. The highest BCUT2D eigenvalue weighted by atomic mass is 35.5. The van der Waals surface area contributed by atoms with E-state index in [0.717, 1.165) is 18.2 Å². The van der Waals surface area contributed by atoms with E-state index in [2.05, 4.69) is 5.32 Å². The predicted molar refractivity (Wildman–Crippen MR) is 144 cm³/mol. The summed E-state index contributed by atoms with van der Waals surface area (Å²) in [5.74, 6) is 0.164. The van der Waals surface area contributed by atoms with Crippen LogP contribution in [0.2, 0.25) is 5.02 Å². The number of carbonyl (C=O) groups excluding carboxylic acids is 2. The molecule has 0 heterocycles. The average molecular weight is 538 g/mol. The summed E-state index contributed by atoms with van der Waals surface area (Å²) in [7, 11) is -2.03. The third-order valence-corrected chi connectivity index (χ3v) is 7.31. The third-order valence-electron chi connectivity index (χ3n) is 5.75. The number of hydrogen-bond acceptors (Lipinski definition) is 5. The van der Waals surface area contributed by atoms with Gasteiger partial charge >= 0.3 is 0 Å². The maximum absolute atomic E-state index is 13.4. The van der Waals surface area contributed by atoms with Crippen molar-refractivity contribution in [2.45, 2.75) is 52.1 Å². The molecule has 0 spiro atoms. The summed E-state index contributed by atoms with van der Waals surface area (Å²) in [6, 6.07) is 13.3. The van der Waals surface area contributed by atoms with Crippen LogP contribution in [0.5, 0.6) is 5.75 Å². The van der Waals surface area contributed by atoms with Crippen LogP contribution in [0.15, 0.2) is 48.5 Å². The molecule has 0 radical (unpaired) electrons. The predicted octanol–water partition coefficient (Wildman–Crippen LogP) is 4.23. The molecule has 10 heteroatoms. The van der Waals surface area contributed by atoms with Crippen molar-refractivity contribution in [3.05, 3.63) is 59.1 Å². The van der Waals surface area contributed by atoms with Gasteiger partial charge in [0.15, 0.2) is 0 Å². The number of anilines is 1. The van der Waals surface area contributed by atoms with Gasteiger partial charge in [0.1, 0.15) is 11.8 Å². The van der Waals surface area contributed by atoms with Crippen molar-refractivity contribution in [1.29, 1.82) is 0 Å². The number of sulfonamides is 1. The van der Waals surface area contributed by atoms with E-state index in [4.69, 9.17) is 16.3 Å². The number of nitrogens with one attached hydrogen (secondary N) is 1. The van der Waals surface area contributed by atoms with Crippen LogP contribution in [0.1, 0.15) is 45.1 Å². The van der Waals surface area contributed by atoms with Crippen LogP contribution in [0.25, 0.3) is 0 Å². The number of hydrogen-bond donors (Lipinski definition) is 1. The molecular formula is C26H36ClN3O5S. The van der Waals surface area contributed by atoms with Crippen molar-refractivity contribution in [2.24, 2.45) is 0 Å². The van der Waals surface area contributed by atoms with Gasteiger partial charge in [0.2, 0.25) is 21.8 Å². The second-order valence-electron chi connectivity index (χ2n) is 8.46. The molecule has 0 aromatic heterocycles. The number of benzene rings is 2. The summed E-state index contributed by atoms with van der Waals surface area (Å²) in [4.78, 5) is 27.8. The molecule has 36 heavy (non-hydrogen) atoms. The third kappa shape index (κ3) is 8.41. The maximum atomic E-state index is 13.4. The zero-order valence-corrected chi connectivity index (χ0v) is 22.9. The highest BCUT2D eigenvalue weighted by molar-refractivity contribution is 7.92. The van der Waals surface area contributed by atoms with Crippen molar-refractivity contribution in [2.75, 3.05) is 30.8 Å². The van der Waals surface area contributed by atoms with Crippen molar-refractivity contribution < 1.29 is 22.7 Å². The first kappa shape index (κ1) is 29.5. The number of amides is 2. The Balaban J connectivity index is 2.20. The number of halogens is 1. The molecule has 0 aliphatic rings. The van der Waals surface area contributed by atoms with Crippen LogP contribution in [0, 0.1) is 0 Å². The van der Waals surface area contributed by atoms with Gasteiger partial charge in [-0.1, -0.05) is 43.6 Å². The normalized spacial score (nSPS) is 12.0. The van der Waals surface area contributed by atoms with Crippen LogP contribution in [0.3, 0.4) is 0 Å². The fourth-order valence-corrected chi connectivity index (χ4v) is 5.01. The minimum atomic E-state index is -3.57. The lowest BCUT2D eigenvalue weighted by Crippen LogP contribution is -2.49. The standard InChI is InChI=1S/C26H36ClN3O5S/c1-5-17-28-26(32)24(6-2)29(19-20-10-7-8-11-23(20)27)25(31)12-9-18-30(36(4,33)34)21-13-15-22(35-3)16-14-21/h7-8,10-11,13-16,24H,5-6,9,12,17-19H2,1-4H3,(H,28,32)/t24-/m0/s1. The Morgan fingerprint density at radius 2 is 1.75 bits per heavy atom. The van der Waals surface area contributed by atoms with Gasteiger partial charge in [-0.2, -0.15) is 0 Å². The molecule has 2 rings (SSSR count). The van der Waals surface area contributed by atoms with Gasteiger partial charge in [-0.05, 0) is 55.2 Å². The van der Waals surface area contributed by atoms with E-state index in [1.165, 1.54) is 11.4 Å². The van der Waals surface area contributed by atoms with Crippen molar-refractivity contribution in [3.63, 3.8) is 0 Å². The fourth-order valence-electron chi connectivity index (χ4n) is 3.85. The first-order valence-electron chi connectivity index (χ1n) is 12.0. The van der Waals surface area contributed by atoms with Gasteiger partial charge in [-0.15, -0.1) is 0 Å². The van der Waals surface area contributed by atoms with E-state index in [-0.39, 0.29) is 37.7 Å². The number of methoxy groups -OCH3 is 1. The Morgan fingerprint density at radius 1 is 1.08 bits per heavy atom. The van der Waals surface area contributed by atoms with Gasteiger partial charge in [0.25, 0.3) is 0 Å². The molecule has 2 aromatic carbocycles. The van der Waals surface area contributed by atoms with Gasteiger partial charge in [0.05, 0.1) is 19.1 Å². The van der Waals surface area contributed by atoms with Gasteiger partial charge in [-0.3, -0.25) is 13.9 Å². The zero-order chi connectivity index (χ0) is 26.7. The molecule has 0 aliphatic carbocycles. The number of ether oxygens (including phenoxy) is 1. The van der Waals surface area contributed by atoms with E-state index in [1.54, 1.807) is 35.2 Å². The van der Waals surface area contributed by atoms with Crippen LogP contribution in [0.4, 0.5) is 5.69 Å². The monoisotopic (exact) mass is 537 g/mol. The molecule has 1 N–H and O–H groups in total. The number of rotatable bonds is 14. The molecule has 0 saturated carbocycles. The summed E-state index contributed by atoms with van der Waals surface area (Å²) >= 11 is 6.35. The lowest BCUT2D eigenvalue weighted by molar-refractivity contribution is -0.141. The first-order chi connectivity index (χ1) is 17.1. The number of carbonyl (C=O) groups is 2. The lowest BCUT2D eigenvalue weighted by atomic mass is 10.1. The second kappa shape index (κ2) is 14.1. The Labute approximate surface area is 219 Å². The molecule has 2 aromatic rings. The molecule has 8 nitrogen and oxygen atoms in total. The quantitative estimate of drug-likeness (QED) is 0.389. The topological polar surface area (TPSA) is 96.0 Å². The van der Waals surface area contributed by atoms with Gasteiger partial charge in [-0.25, -0.2) is 8.42 Å². The first-order valence-corrected chi connectivity index (χ1v) is 14.3. The molecule has 0 aliphatic heterocycles. The lowest BCUT2D eigenvalue weighted by Gasteiger charge is -2.31. The van der Waals surface area contributed by atoms with Crippen molar-refractivity contribution in [1.82, 2.24) is 10.2 Å². The summed E-state index contributed by atoms with van der Waals surface area (Å²) in [6.07, 6.45) is 2.71. The fraction of sp³-hybridized carbons (Fsp3) is 0.462. The maximum Gasteiger partial charge on any atom is 0.242 e. The van der Waals surface area contributed by atoms with E-state index in [9.17, 15) is 18.0 Å². The molecule has 1 atom stereocenters. The van der Waals surface area contributed by atoms with Crippen LogP contribution < -0.4 is 14.4 Å². The summed E-state index contributed by atoms with van der Waals surface area (Å²) in [5.41, 5.74) is 1.23. The Hall–Kier alpha value is -2.78. The average Bonchev–Trinajstić information content (AvgIpc) is 2.85. The molecule has 0 bridgehead atoms. The summed E-state index contributed by atoms with van der Waals surface area (Å²) < 4.78 is 31.3.